The molecule has 3 rings (SSSR count). The van der Waals surface area contributed by atoms with E-state index in [1.165, 1.54) is 11.2 Å². The van der Waals surface area contributed by atoms with Crippen LogP contribution in [-0.2, 0) is 4.79 Å². The Morgan fingerprint density at radius 1 is 1.00 bits per heavy atom. The molecule has 1 aromatic heterocycles. The molecular weight excluding hydrogens is 332 g/mol. The minimum Gasteiger partial charge on any atom is -0.459 e. The number of carbonyl (C=O) groups is 2. The fraction of sp³-hybridized carbons (Fsp3) is 0.100. The van der Waals surface area contributed by atoms with Crippen molar-refractivity contribution in [3.63, 3.8) is 0 Å². The second-order valence-corrected chi connectivity index (χ2v) is 5.63. The first-order valence-electron chi connectivity index (χ1n) is 8.03. The second kappa shape index (κ2) is 8.02. The average molecular weight is 350 g/mol. The van der Waals surface area contributed by atoms with Crippen LogP contribution in [0.4, 0.5) is 5.69 Å². The number of nitrogens with zero attached hydrogens (tertiary/aromatic N) is 1. The molecule has 0 aliphatic rings. The SMILES string of the molecule is CN(CC(=O)Nc1cccc(Oc2ccccc2)c1)C(=O)c1ccco1. The normalized spacial score (nSPS) is 10.2. The summed E-state index contributed by atoms with van der Waals surface area (Å²) in [7, 11) is 1.54. The van der Waals surface area contributed by atoms with E-state index in [0.717, 1.165) is 0 Å². The van der Waals surface area contributed by atoms with Gasteiger partial charge in [0.2, 0.25) is 5.91 Å². The maximum Gasteiger partial charge on any atom is 0.289 e. The van der Waals surface area contributed by atoms with Crippen molar-refractivity contribution in [3.8, 4) is 11.5 Å². The number of likely N-dealkylation sites (N-methyl/N-ethyl adjacent to an activating group) is 1. The average Bonchev–Trinajstić information content (AvgIpc) is 3.16. The number of hydrogen-bond donors (Lipinski definition) is 1. The van der Waals surface area contributed by atoms with Gasteiger partial charge in [0, 0.05) is 18.8 Å². The summed E-state index contributed by atoms with van der Waals surface area (Å²) in [6.07, 6.45) is 1.42. The molecule has 1 N–H and O–H groups in total. The number of furan rings is 1. The molecule has 3 aromatic rings. The van der Waals surface area contributed by atoms with E-state index < -0.39 is 0 Å². The minimum absolute atomic E-state index is 0.0939. The summed E-state index contributed by atoms with van der Waals surface area (Å²) in [4.78, 5) is 25.6. The van der Waals surface area contributed by atoms with Crippen LogP contribution in [0, 0.1) is 0 Å². The van der Waals surface area contributed by atoms with Gasteiger partial charge >= 0.3 is 0 Å². The molecular formula is C20H18N2O4. The molecule has 1 heterocycles. The molecule has 0 saturated carbocycles. The molecule has 0 radical (unpaired) electrons. The standard InChI is InChI=1S/C20H18N2O4/c1-22(20(24)18-11-6-12-25-18)14-19(23)21-15-7-5-10-17(13-15)26-16-8-3-2-4-9-16/h2-13H,14H2,1H3,(H,21,23). The molecule has 132 valence electrons. The van der Waals surface area contributed by atoms with Gasteiger partial charge in [0.05, 0.1) is 12.8 Å². The van der Waals surface area contributed by atoms with Crippen LogP contribution in [0.2, 0.25) is 0 Å². The third-order valence-electron chi connectivity index (χ3n) is 3.56. The molecule has 0 spiro atoms. The minimum atomic E-state index is -0.355. The van der Waals surface area contributed by atoms with E-state index in [-0.39, 0.29) is 24.1 Å². The zero-order valence-corrected chi connectivity index (χ0v) is 14.2. The van der Waals surface area contributed by atoms with Gasteiger partial charge in [0.25, 0.3) is 5.91 Å². The van der Waals surface area contributed by atoms with E-state index in [1.54, 1.807) is 43.4 Å². The van der Waals surface area contributed by atoms with Crippen molar-refractivity contribution in [2.24, 2.45) is 0 Å². The summed E-state index contributed by atoms with van der Waals surface area (Å²) < 4.78 is 10.8. The van der Waals surface area contributed by atoms with Crippen LogP contribution < -0.4 is 10.1 Å². The first-order chi connectivity index (χ1) is 12.6. The maximum atomic E-state index is 12.2. The molecule has 0 fully saturated rings. The van der Waals surface area contributed by atoms with Crippen molar-refractivity contribution in [2.75, 3.05) is 18.9 Å². The molecule has 0 atom stereocenters. The molecule has 2 aromatic carbocycles. The van der Waals surface area contributed by atoms with Crippen molar-refractivity contribution < 1.29 is 18.7 Å². The number of carbonyl (C=O) groups excluding carboxylic acids is 2. The molecule has 26 heavy (non-hydrogen) atoms. The maximum absolute atomic E-state index is 12.2. The van der Waals surface area contributed by atoms with E-state index in [1.807, 2.05) is 30.3 Å². The summed E-state index contributed by atoms with van der Waals surface area (Å²) in [5, 5.41) is 2.76. The summed E-state index contributed by atoms with van der Waals surface area (Å²) in [5.74, 6) is 0.836. The number of ether oxygens (including phenoxy) is 1. The van der Waals surface area contributed by atoms with Gasteiger partial charge in [-0.2, -0.15) is 0 Å². The molecule has 0 aliphatic heterocycles. The summed E-state index contributed by atoms with van der Waals surface area (Å²) in [6, 6.07) is 19.6. The number of anilines is 1. The Balaban J connectivity index is 1.59. The Hall–Kier alpha value is -3.54. The van der Waals surface area contributed by atoms with Crippen LogP contribution in [0.15, 0.2) is 77.4 Å². The van der Waals surface area contributed by atoms with E-state index in [0.29, 0.717) is 17.2 Å². The molecule has 0 bridgehead atoms. The molecule has 0 aliphatic carbocycles. The van der Waals surface area contributed by atoms with Gasteiger partial charge in [-0.3, -0.25) is 9.59 Å². The summed E-state index contributed by atoms with van der Waals surface area (Å²) in [6.45, 7) is -0.0939. The van der Waals surface area contributed by atoms with Crippen LogP contribution in [0.1, 0.15) is 10.6 Å². The van der Waals surface area contributed by atoms with Gasteiger partial charge in [-0.15, -0.1) is 0 Å². The lowest BCUT2D eigenvalue weighted by atomic mass is 10.3. The Morgan fingerprint density at radius 2 is 1.77 bits per heavy atom. The first kappa shape index (κ1) is 17.3. The fourth-order valence-corrected chi connectivity index (χ4v) is 2.34. The number of nitrogens with one attached hydrogen (secondary N) is 1. The highest BCUT2D eigenvalue weighted by atomic mass is 16.5. The lowest BCUT2D eigenvalue weighted by Gasteiger charge is -2.15. The van der Waals surface area contributed by atoms with Gasteiger partial charge in [0.15, 0.2) is 5.76 Å². The van der Waals surface area contributed by atoms with E-state index >= 15 is 0 Å². The smallest absolute Gasteiger partial charge is 0.289 e. The Bertz CT molecular complexity index is 876. The van der Waals surface area contributed by atoms with Crippen LogP contribution in [0.25, 0.3) is 0 Å². The number of para-hydroxylation sites is 1. The fourth-order valence-electron chi connectivity index (χ4n) is 2.34. The Labute approximate surface area is 151 Å². The van der Waals surface area contributed by atoms with Crippen molar-refractivity contribution in [3.05, 3.63) is 78.8 Å². The molecule has 0 unspecified atom stereocenters. The van der Waals surface area contributed by atoms with Gasteiger partial charge in [-0.25, -0.2) is 0 Å². The number of rotatable bonds is 6. The highest BCUT2D eigenvalue weighted by Crippen LogP contribution is 2.23. The highest BCUT2D eigenvalue weighted by molar-refractivity contribution is 5.97. The topological polar surface area (TPSA) is 71.8 Å². The summed E-state index contributed by atoms with van der Waals surface area (Å²) >= 11 is 0. The van der Waals surface area contributed by atoms with E-state index in [4.69, 9.17) is 9.15 Å². The largest absolute Gasteiger partial charge is 0.459 e. The van der Waals surface area contributed by atoms with Crippen molar-refractivity contribution in [1.29, 1.82) is 0 Å². The number of amides is 2. The Kier molecular flexibility index (Phi) is 5.34. The van der Waals surface area contributed by atoms with Crippen LogP contribution in [0.5, 0.6) is 11.5 Å². The monoisotopic (exact) mass is 350 g/mol. The van der Waals surface area contributed by atoms with Crippen molar-refractivity contribution in [2.45, 2.75) is 0 Å². The highest BCUT2D eigenvalue weighted by Gasteiger charge is 2.17. The molecule has 2 amide bonds. The lowest BCUT2D eigenvalue weighted by Crippen LogP contribution is -2.34. The second-order valence-electron chi connectivity index (χ2n) is 5.63. The van der Waals surface area contributed by atoms with Gasteiger partial charge < -0.3 is 19.4 Å². The third-order valence-corrected chi connectivity index (χ3v) is 3.56. The predicted octanol–water partition coefficient (Wildman–Crippen LogP) is 3.78. The first-order valence-corrected chi connectivity index (χ1v) is 8.03. The van der Waals surface area contributed by atoms with E-state index in [9.17, 15) is 9.59 Å². The zero-order valence-electron chi connectivity index (χ0n) is 14.2. The lowest BCUT2D eigenvalue weighted by molar-refractivity contribution is -0.116. The van der Waals surface area contributed by atoms with Crippen molar-refractivity contribution in [1.82, 2.24) is 4.90 Å². The van der Waals surface area contributed by atoms with Gasteiger partial charge in [-0.1, -0.05) is 24.3 Å². The van der Waals surface area contributed by atoms with Crippen molar-refractivity contribution >= 4 is 17.5 Å². The predicted molar refractivity (Wildman–Crippen MR) is 97.3 cm³/mol. The summed E-state index contributed by atoms with van der Waals surface area (Å²) in [5.41, 5.74) is 0.585. The molecule has 0 saturated heterocycles. The van der Waals surface area contributed by atoms with Gasteiger partial charge in [-0.05, 0) is 36.4 Å². The number of hydrogen-bond acceptors (Lipinski definition) is 4. The molecule has 6 nitrogen and oxygen atoms in total. The Morgan fingerprint density at radius 3 is 2.50 bits per heavy atom. The van der Waals surface area contributed by atoms with Crippen LogP contribution >= 0.6 is 0 Å². The quantitative estimate of drug-likeness (QED) is 0.734. The molecule has 6 heteroatoms. The van der Waals surface area contributed by atoms with Crippen LogP contribution in [-0.4, -0.2) is 30.3 Å². The van der Waals surface area contributed by atoms with Crippen LogP contribution in [0.3, 0.4) is 0 Å². The third kappa shape index (κ3) is 4.51. The van der Waals surface area contributed by atoms with E-state index in [2.05, 4.69) is 5.32 Å². The number of benzene rings is 2. The van der Waals surface area contributed by atoms with Gasteiger partial charge in [0.1, 0.15) is 11.5 Å². The zero-order chi connectivity index (χ0) is 18.4.